The number of benzene rings is 3. The first-order valence-electron chi connectivity index (χ1n) is 11.4. The van der Waals surface area contributed by atoms with E-state index in [1.165, 1.54) is 0 Å². The van der Waals surface area contributed by atoms with Crippen molar-refractivity contribution in [3.8, 4) is 5.75 Å². The zero-order valence-corrected chi connectivity index (χ0v) is 19.4. The first-order valence-corrected chi connectivity index (χ1v) is 11.4. The predicted octanol–water partition coefficient (Wildman–Crippen LogP) is 2.87. The van der Waals surface area contributed by atoms with Crippen molar-refractivity contribution in [1.29, 1.82) is 0 Å². The van der Waals surface area contributed by atoms with E-state index in [4.69, 9.17) is 4.74 Å². The molecule has 0 fully saturated rings. The lowest BCUT2D eigenvalue weighted by molar-refractivity contribution is -0.123. The second kappa shape index (κ2) is 9.83. The van der Waals surface area contributed by atoms with Crippen LogP contribution in [0.25, 0.3) is 10.8 Å². The van der Waals surface area contributed by atoms with Crippen LogP contribution >= 0.6 is 0 Å². The van der Waals surface area contributed by atoms with Crippen LogP contribution in [-0.2, 0) is 11.2 Å². The number of aromatic amines is 1. The van der Waals surface area contributed by atoms with Crippen molar-refractivity contribution in [2.45, 2.75) is 18.9 Å². The van der Waals surface area contributed by atoms with Crippen molar-refractivity contribution in [3.63, 3.8) is 0 Å². The molecule has 4 aromatic rings. The fourth-order valence-corrected chi connectivity index (χ4v) is 4.28. The Morgan fingerprint density at radius 3 is 2.53 bits per heavy atom. The van der Waals surface area contributed by atoms with E-state index in [0.717, 1.165) is 17.5 Å². The highest BCUT2D eigenvalue weighted by Gasteiger charge is 2.28. The van der Waals surface area contributed by atoms with Crippen molar-refractivity contribution >= 4 is 28.3 Å². The van der Waals surface area contributed by atoms with Gasteiger partial charge < -0.3 is 10.1 Å². The molecule has 0 aliphatic heterocycles. The largest absolute Gasteiger partial charge is 0.497 e. The summed E-state index contributed by atoms with van der Waals surface area (Å²) in [6.07, 6.45) is 1.46. The second-order valence-corrected chi connectivity index (χ2v) is 8.31. The van der Waals surface area contributed by atoms with Gasteiger partial charge in [-0.25, -0.2) is 10.5 Å². The molecular weight excluding hydrogens is 458 g/mol. The summed E-state index contributed by atoms with van der Waals surface area (Å²) in [5.74, 6) is -0.351. The maximum atomic E-state index is 13.4. The van der Waals surface area contributed by atoms with Crippen molar-refractivity contribution < 1.29 is 14.3 Å². The van der Waals surface area contributed by atoms with E-state index in [-0.39, 0.29) is 11.3 Å². The monoisotopic (exact) mass is 481 g/mol. The van der Waals surface area contributed by atoms with Crippen LogP contribution in [0.2, 0.25) is 0 Å². The normalized spacial score (nSPS) is 14.3. The Bertz CT molecular complexity index is 1550. The number of carbonyl (C=O) groups excluding carboxylic acids is 2. The van der Waals surface area contributed by atoms with Gasteiger partial charge in [-0.15, -0.1) is 0 Å². The fourth-order valence-electron chi connectivity index (χ4n) is 4.28. The number of ether oxygens (including phenoxy) is 1. The first kappa shape index (κ1) is 23.0. The molecule has 0 saturated carbocycles. The highest BCUT2D eigenvalue weighted by Crippen LogP contribution is 2.27. The molecular formula is C27H23N5O4. The molecule has 2 amide bonds. The quantitative estimate of drug-likeness (QED) is 0.365. The fraction of sp³-hybridized carbons (Fsp3) is 0.148. The highest BCUT2D eigenvalue weighted by molar-refractivity contribution is 6.05. The molecule has 180 valence electrons. The van der Waals surface area contributed by atoms with E-state index in [1.807, 2.05) is 18.2 Å². The zero-order valence-electron chi connectivity index (χ0n) is 19.4. The average Bonchev–Trinajstić information content (AvgIpc) is 3.33. The number of carbonyl (C=O) groups is 2. The molecule has 0 saturated heterocycles. The second-order valence-electron chi connectivity index (χ2n) is 8.31. The van der Waals surface area contributed by atoms with Crippen LogP contribution in [0.4, 0.5) is 0 Å². The average molecular weight is 482 g/mol. The van der Waals surface area contributed by atoms with Crippen LogP contribution in [0.3, 0.4) is 0 Å². The Hall–Kier alpha value is -4.79. The van der Waals surface area contributed by atoms with E-state index in [9.17, 15) is 14.4 Å². The summed E-state index contributed by atoms with van der Waals surface area (Å²) in [6.45, 7) is 0. The number of hydrogen-bond donors (Lipinski definition) is 3. The molecule has 1 heterocycles. The minimum absolute atomic E-state index is 0.209. The third-order valence-electron chi connectivity index (χ3n) is 6.13. The van der Waals surface area contributed by atoms with Crippen molar-refractivity contribution in [3.05, 3.63) is 106 Å². The lowest BCUT2D eigenvalue weighted by Gasteiger charge is -2.18. The number of aryl methyl sites for hydroxylation is 1. The van der Waals surface area contributed by atoms with Crippen LogP contribution in [-0.4, -0.2) is 34.8 Å². The van der Waals surface area contributed by atoms with E-state index in [1.54, 1.807) is 61.7 Å². The molecule has 0 bridgehead atoms. The molecule has 0 radical (unpaired) electrons. The minimum Gasteiger partial charge on any atom is -0.497 e. The third kappa shape index (κ3) is 4.46. The number of nitrogens with one attached hydrogen (secondary N) is 3. The molecule has 3 aromatic carbocycles. The summed E-state index contributed by atoms with van der Waals surface area (Å²) in [6, 6.07) is 19.9. The van der Waals surface area contributed by atoms with Gasteiger partial charge in [-0.1, -0.05) is 42.5 Å². The van der Waals surface area contributed by atoms with Gasteiger partial charge in [0.25, 0.3) is 17.4 Å². The van der Waals surface area contributed by atoms with Gasteiger partial charge >= 0.3 is 0 Å². The Balaban J connectivity index is 1.50. The number of hydrazone groups is 1. The standard InChI is InChI=1S/C27H23N5O4/c1-36-18-13-11-16-12-14-22(21(16)15-18)29-32-27(35)24(28-25(33)17-7-3-2-4-8-17)23-19-9-5-6-10-20(19)26(34)31-30-23/h2-11,13,15,24H,12,14H2,1H3,(H,28,33)(H,31,34)(H,32,35)/b29-22+. The van der Waals surface area contributed by atoms with E-state index in [2.05, 4.69) is 26.0 Å². The lowest BCUT2D eigenvalue weighted by atomic mass is 10.0. The number of H-pyrrole nitrogens is 1. The lowest BCUT2D eigenvalue weighted by Crippen LogP contribution is -2.40. The van der Waals surface area contributed by atoms with Crippen LogP contribution in [0.1, 0.15) is 39.6 Å². The van der Waals surface area contributed by atoms with Gasteiger partial charge in [0, 0.05) is 16.5 Å². The summed E-state index contributed by atoms with van der Waals surface area (Å²) in [5.41, 5.74) is 5.54. The Morgan fingerprint density at radius 2 is 1.75 bits per heavy atom. The third-order valence-corrected chi connectivity index (χ3v) is 6.13. The Kier molecular flexibility index (Phi) is 6.27. The van der Waals surface area contributed by atoms with Gasteiger partial charge in [0.1, 0.15) is 11.4 Å². The number of nitrogens with zero attached hydrogens (tertiary/aromatic N) is 2. The van der Waals surface area contributed by atoms with Crippen LogP contribution in [0.5, 0.6) is 5.75 Å². The summed E-state index contributed by atoms with van der Waals surface area (Å²) < 4.78 is 5.32. The molecule has 9 heteroatoms. The topological polar surface area (TPSA) is 126 Å². The van der Waals surface area contributed by atoms with Gasteiger partial charge in [0.05, 0.1) is 18.2 Å². The molecule has 1 aromatic heterocycles. The van der Waals surface area contributed by atoms with Gasteiger partial charge in [-0.3, -0.25) is 14.4 Å². The number of amides is 2. The number of fused-ring (bicyclic) bond motifs is 2. The van der Waals surface area contributed by atoms with Gasteiger partial charge in [0.15, 0.2) is 6.04 Å². The minimum atomic E-state index is -1.21. The molecule has 3 N–H and O–H groups in total. The molecule has 0 spiro atoms. The Morgan fingerprint density at radius 1 is 1.00 bits per heavy atom. The SMILES string of the molecule is COc1ccc2c(c1)/C(=N/NC(=O)C(NC(=O)c1ccccc1)c1n[nH]c(=O)c3ccccc13)CC2. The summed E-state index contributed by atoms with van der Waals surface area (Å²) in [5, 5.41) is 14.5. The van der Waals surface area contributed by atoms with Crippen LogP contribution in [0, 0.1) is 0 Å². The van der Waals surface area contributed by atoms with E-state index < -0.39 is 17.9 Å². The summed E-state index contributed by atoms with van der Waals surface area (Å²) >= 11 is 0. The van der Waals surface area contributed by atoms with Crippen molar-refractivity contribution in [1.82, 2.24) is 20.9 Å². The summed E-state index contributed by atoms with van der Waals surface area (Å²) in [7, 11) is 1.59. The zero-order chi connectivity index (χ0) is 25.1. The molecule has 9 nitrogen and oxygen atoms in total. The summed E-state index contributed by atoms with van der Waals surface area (Å²) in [4.78, 5) is 38.7. The van der Waals surface area contributed by atoms with Gasteiger partial charge in [0.2, 0.25) is 0 Å². The van der Waals surface area contributed by atoms with Crippen molar-refractivity contribution in [2.75, 3.05) is 7.11 Å². The Labute approximate surface area is 206 Å². The molecule has 5 rings (SSSR count). The number of methoxy groups -OCH3 is 1. The van der Waals surface area contributed by atoms with Crippen LogP contribution in [0.15, 0.2) is 82.7 Å². The molecule has 1 atom stereocenters. The molecule has 1 aliphatic rings. The molecule has 36 heavy (non-hydrogen) atoms. The number of aromatic nitrogens is 2. The number of rotatable bonds is 6. The van der Waals surface area contributed by atoms with Crippen molar-refractivity contribution in [2.24, 2.45) is 5.10 Å². The van der Waals surface area contributed by atoms with Crippen LogP contribution < -0.4 is 21.0 Å². The maximum absolute atomic E-state index is 13.4. The smallest absolute Gasteiger partial charge is 0.272 e. The van der Waals surface area contributed by atoms with E-state index >= 15 is 0 Å². The highest BCUT2D eigenvalue weighted by atomic mass is 16.5. The number of hydrogen-bond acceptors (Lipinski definition) is 6. The van der Waals surface area contributed by atoms with Gasteiger partial charge in [-0.05, 0) is 48.7 Å². The van der Waals surface area contributed by atoms with E-state index in [0.29, 0.717) is 34.2 Å². The maximum Gasteiger partial charge on any atom is 0.272 e. The molecule has 1 unspecified atom stereocenters. The first-order chi connectivity index (χ1) is 17.5. The molecule has 1 aliphatic carbocycles. The van der Waals surface area contributed by atoms with Gasteiger partial charge in [-0.2, -0.15) is 10.2 Å². The predicted molar refractivity (Wildman–Crippen MR) is 135 cm³/mol.